The lowest BCUT2D eigenvalue weighted by Gasteiger charge is -2.06. The highest BCUT2D eigenvalue weighted by Crippen LogP contribution is 2.13. The number of hydrogen-bond donors (Lipinski definition) is 2. The van der Waals surface area contributed by atoms with Crippen LogP contribution < -0.4 is 5.32 Å². The summed E-state index contributed by atoms with van der Waals surface area (Å²) in [6.45, 7) is -0.442. The third-order valence-corrected chi connectivity index (χ3v) is 1.64. The SMILES string of the molecule is O=C(O)c1cn(CCNC(=O)C(F)(F)F)nn1. The Labute approximate surface area is 92.2 Å². The number of carboxylic acid groups (broad SMARTS) is 1. The molecule has 1 aromatic rings. The lowest BCUT2D eigenvalue weighted by atomic mass is 10.5. The van der Waals surface area contributed by atoms with E-state index in [0.717, 1.165) is 10.9 Å². The largest absolute Gasteiger partial charge is 0.476 e. The normalized spacial score (nSPS) is 11.2. The third kappa shape index (κ3) is 3.74. The number of carbonyl (C=O) groups is 2. The molecule has 1 heterocycles. The zero-order valence-corrected chi connectivity index (χ0v) is 8.23. The van der Waals surface area contributed by atoms with E-state index in [1.807, 2.05) is 0 Å². The van der Waals surface area contributed by atoms with Crippen molar-refractivity contribution in [3.63, 3.8) is 0 Å². The second kappa shape index (κ2) is 4.80. The summed E-state index contributed by atoms with van der Waals surface area (Å²) in [7, 11) is 0. The molecule has 1 rings (SSSR count). The summed E-state index contributed by atoms with van der Waals surface area (Å²) in [5.74, 6) is -3.35. The summed E-state index contributed by atoms with van der Waals surface area (Å²) in [6, 6.07) is 0. The van der Waals surface area contributed by atoms with Crippen molar-refractivity contribution < 1.29 is 27.9 Å². The molecule has 0 aliphatic rings. The summed E-state index contributed by atoms with van der Waals surface area (Å²) < 4.78 is 36.3. The van der Waals surface area contributed by atoms with Crippen LogP contribution in [-0.4, -0.2) is 44.7 Å². The molecule has 1 aromatic heterocycles. The Hall–Kier alpha value is -2.13. The summed E-state index contributed by atoms with van der Waals surface area (Å²) in [5, 5.41) is 16.7. The first kappa shape index (κ1) is 12.9. The van der Waals surface area contributed by atoms with Gasteiger partial charge >= 0.3 is 18.1 Å². The Morgan fingerprint density at radius 2 is 2.12 bits per heavy atom. The summed E-state index contributed by atoms with van der Waals surface area (Å²) >= 11 is 0. The summed E-state index contributed by atoms with van der Waals surface area (Å²) in [4.78, 5) is 20.8. The van der Waals surface area contributed by atoms with E-state index >= 15 is 0 Å². The van der Waals surface area contributed by atoms with Crippen LogP contribution in [0.5, 0.6) is 0 Å². The van der Waals surface area contributed by atoms with Gasteiger partial charge in [-0.05, 0) is 0 Å². The molecular formula is C7H7F3N4O3. The van der Waals surface area contributed by atoms with Crippen molar-refractivity contribution >= 4 is 11.9 Å². The number of hydrogen-bond acceptors (Lipinski definition) is 4. The maximum atomic E-state index is 11.8. The van der Waals surface area contributed by atoms with Gasteiger partial charge in [0.25, 0.3) is 0 Å². The maximum absolute atomic E-state index is 11.8. The number of rotatable bonds is 4. The zero-order valence-electron chi connectivity index (χ0n) is 8.23. The fourth-order valence-electron chi connectivity index (χ4n) is 0.890. The quantitative estimate of drug-likeness (QED) is 0.763. The van der Waals surface area contributed by atoms with E-state index in [4.69, 9.17) is 5.11 Å². The fourth-order valence-corrected chi connectivity index (χ4v) is 0.890. The van der Waals surface area contributed by atoms with Gasteiger partial charge < -0.3 is 10.4 Å². The number of nitrogens with one attached hydrogen (secondary N) is 1. The molecule has 2 N–H and O–H groups in total. The van der Waals surface area contributed by atoms with Gasteiger partial charge in [0, 0.05) is 6.54 Å². The second-order valence-corrected chi connectivity index (χ2v) is 2.93. The van der Waals surface area contributed by atoms with Crippen LogP contribution in [0.2, 0.25) is 0 Å². The van der Waals surface area contributed by atoms with Crippen LogP contribution in [0.25, 0.3) is 0 Å². The Morgan fingerprint density at radius 1 is 1.47 bits per heavy atom. The lowest BCUT2D eigenvalue weighted by Crippen LogP contribution is -2.38. The predicted molar refractivity (Wildman–Crippen MR) is 46.0 cm³/mol. The highest BCUT2D eigenvalue weighted by Gasteiger charge is 2.38. The van der Waals surface area contributed by atoms with Crippen LogP contribution in [0.15, 0.2) is 6.20 Å². The number of carbonyl (C=O) groups excluding carboxylic acids is 1. The van der Waals surface area contributed by atoms with Crippen molar-refractivity contribution in [1.82, 2.24) is 20.3 Å². The molecule has 0 saturated heterocycles. The van der Waals surface area contributed by atoms with Gasteiger partial charge in [0.05, 0.1) is 12.7 Å². The molecule has 10 heteroatoms. The minimum Gasteiger partial charge on any atom is -0.476 e. The molecule has 1 amide bonds. The van der Waals surface area contributed by atoms with Crippen LogP contribution in [0.4, 0.5) is 13.2 Å². The minimum absolute atomic E-state index is 0.109. The van der Waals surface area contributed by atoms with E-state index < -0.39 is 18.1 Å². The Kier molecular flexibility index (Phi) is 3.66. The Bertz CT molecular complexity index is 428. The molecule has 0 aromatic carbocycles. The monoisotopic (exact) mass is 252 g/mol. The van der Waals surface area contributed by atoms with E-state index in [2.05, 4.69) is 10.3 Å². The van der Waals surface area contributed by atoms with Crippen molar-refractivity contribution in [2.75, 3.05) is 6.54 Å². The van der Waals surface area contributed by atoms with Gasteiger partial charge in [-0.25, -0.2) is 9.48 Å². The number of halogens is 3. The smallest absolute Gasteiger partial charge is 0.471 e. The molecule has 94 valence electrons. The Morgan fingerprint density at radius 3 is 2.59 bits per heavy atom. The van der Waals surface area contributed by atoms with Gasteiger partial charge in [-0.1, -0.05) is 5.21 Å². The van der Waals surface area contributed by atoms with Crippen LogP contribution in [-0.2, 0) is 11.3 Å². The first-order chi connectivity index (χ1) is 7.80. The number of amides is 1. The summed E-state index contributed by atoms with van der Waals surface area (Å²) in [6.07, 6.45) is -3.89. The molecule has 0 atom stereocenters. The molecule has 0 aliphatic heterocycles. The molecule has 0 radical (unpaired) electrons. The maximum Gasteiger partial charge on any atom is 0.471 e. The first-order valence-corrected chi connectivity index (χ1v) is 4.29. The van der Waals surface area contributed by atoms with Crippen LogP contribution >= 0.6 is 0 Å². The van der Waals surface area contributed by atoms with Crippen molar-refractivity contribution in [1.29, 1.82) is 0 Å². The highest BCUT2D eigenvalue weighted by atomic mass is 19.4. The molecule has 0 bridgehead atoms. The molecular weight excluding hydrogens is 245 g/mol. The molecule has 0 unspecified atom stereocenters. The second-order valence-electron chi connectivity index (χ2n) is 2.93. The van der Waals surface area contributed by atoms with Crippen molar-refractivity contribution in [3.8, 4) is 0 Å². The van der Waals surface area contributed by atoms with Gasteiger partial charge in [0.2, 0.25) is 0 Å². The van der Waals surface area contributed by atoms with E-state index in [-0.39, 0.29) is 18.8 Å². The average Bonchev–Trinajstić information content (AvgIpc) is 2.64. The number of alkyl halides is 3. The van der Waals surface area contributed by atoms with E-state index in [1.54, 1.807) is 5.32 Å². The third-order valence-electron chi connectivity index (χ3n) is 1.64. The number of nitrogens with zero attached hydrogens (tertiary/aromatic N) is 3. The van der Waals surface area contributed by atoms with Gasteiger partial charge in [0.15, 0.2) is 5.69 Å². The van der Waals surface area contributed by atoms with E-state index in [0.29, 0.717) is 0 Å². The van der Waals surface area contributed by atoms with Gasteiger partial charge in [-0.2, -0.15) is 13.2 Å². The average molecular weight is 252 g/mol. The molecule has 0 aliphatic carbocycles. The minimum atomic E-state index is -4.94. The molecule has 0 fully saturated rings. The lowest BCUT2D eigenvalue weighted by molar-refractivity contribution is -0.173. The molecule has 0 spiro atoms. The van der Waals surface area contributed by atoms with Crippen LogP contribution in [0, 0.1) is 0 Å². The number of aromatic nitrogens is 3. The molecule has 7 nitrogen and oxygen atoms in total. The van der Waals surface area contributed by atoms with Gasteiger partial charge in [-0.15, -0.1) is 5.10 Å². The molecule has 0 saturated carbocycles. The van der Waals surface area contributed by atoms with Crippen LogP contribution in [0.1, 0.15) is 10.5 Å². The van der Waals surface area contributed by atoms with E-state index in [1.165, 1.54) is 0 Å². The van der Waals surface area contributed by atoms with Crippen molar-refractivity contribution in [2.24, 2.45) is 0 Å². The standard InChI is InChI=1S/C7H7F3N4O3/c8-7(9,10)6(17)11-1-2-14-3-4(5(15)16)12-13-14/h3H,1-2H2,(H,11,17)(H,15,16). The number of aromatic carboxylic acids is 1. The predicted octanol–water partition coefficient (Wildman–Crippen LogP) is -0.345. The zero-order chi connectivity index (χ0) is 13.1. The van der Waals surface area contributed by atoms with Gasteiger partial charge in [0.1, 0.15) is 0 Å². The van der Waals surface area contributed by atoms with Crippen LogP contribution in [0.3, 0.4) is 0 Å². The highest BCUT2D eigenvalue weighted by molar-refractivity contribution is 5.84. The van der Waals surface area contributed by atoms with E-state index in [9.17, 15) is 22.8 Å². The Balaban J connectivity index is 2.41. The topological polar surface area (TPSA) is 97.1 Å². The van der Waals surface area contributed by atoms with Crippen molar-refractivity contribution in [2.45, 2.75) is 12.7 Å². The van der Waals surface area contributed by atoms with Crippen molar-refractivity contribution in [3.05, 3.63) is 11.9 Å². The number of carboxylic acids is 1. The first-order valence-electron chi connectivity index (χ1n) is 4.29. The van der Waals surface area contributed by atoms with Gasteiger partial charge in [-0.3, -0.25) is 4.79 Å². The molecule has 17 heavy (non-hydrogen) atoms. The fraction of sp³-hybridized carbons (Fsp3) is 0.429. The summed E-state index contributed by atoms with van der Waals surface area (Å²) in [5.41, 5.74) is -0.327.